The van der Waals surface area contributed by atoms with Crippen molar-refractivity contribution in [3.8, 4) is 0 Å². The Labute approximate surface area is 137 Å². The maximum Gasteiger partial charge on any atom is 0.328 e. The molecule has 2 N–H and O–H groups in total. The summed E-state index contributed by atoms with van der Waals surface area (Å²) in [7, 11) is 2.50. The monoisotopic (exact) mass is 342 g/mol. The number of carbonyl (C=O) groups is 4. The van der Waals surface area contributed by atoms with Crippen LogP contribution in [0.2, 0.25) is 0 Å². The average Bonchev–Trinajstić information content (AvgIpc) is 2.47. The first-order valence-corrected chi connectivity index (χ1v) is 6.77. The van der Waals surface area contributed by atoms with E-state index in [1.165, 1.54) is 26.2 Å². The van der Waals surface area contributed by atoms with E-state index in [9.17, 15) is 19.2 Å². The quantitative estimate of drug-likeness (QED) is 0.621. The Morgan fingerprint density at radius 3 is 1.41 bits per heavy atom. The highest BCUT2D eigenvalue weighted by Crippen LogP contribution is 2.22. The molecule has 0 bridgehead atoms. The van der Waals surface area contributed by atoms with Crippen molar-refractivity contribution in [1.82, 2.24) is 9.80 Å². The number of urea groups is 2. The number of carbonyl (C=O) groups excluding carboxylic acids is 4. The molecule has 0 aliphatic heterocycles. The summed E-state index contributed by atoms with van der Waals surface area (Å²) in [6.45, 7) is 0. The van der Waals surface area contributed by atoms with Gasteiger partial charge in [-0.3, -0.25) is 19.4 Å². The fourth-order valence-electron chi connectivity index (χ4n) is 1.27. The smallest absolute Gasteiger partial charge is 0.305 e. The van der Waals surface area contributed by atoms with E-state index in [0.29, 0.717) is 0 Å². The lowest BCUT2D eigenvalue weighted by Gasteiger charge is -2.18. The van der Waals surface area contributed by atoms with Crippen LogP contribution in [0.4, 0.5) is 30.6 Å². The van der Waals surface area contributed by atoms with E-state index >= 15 is 0 Å². The second kappa shape index (κ2) is 7.71. The number of rotatable bonds is 2. The summed E-state index contributed by atoms with van der Waals surface area (Å²) in [6, 6.07) is 4.85. The number of nitrogens with zero attached hydrogens (tertiary/aromatic N) is 2. The number of benzene rings is 1. The van der Waals surface area contributed by atoms with E-state index in [1.807, 2.05) is 0 Å². The number of amides is 6. The maximum atomic E-state index is 11.8. The number of thiol groups is 2. The minimum absolute atomic E-state index is 0.252. The second-order valence-electron chi connectivity index (χ2n) is 4.09. The van der Waals surface area contributed by atoms with Crippen LogP contribution in [-0.4, -0.2) is 46.4 Å². The van der Waals surface area contributed by atoms with E-state index in [1.54, 1.807) is 12.1 Å². The van der Waals surface area contributed by atoms with Crippen LogP contribution in [0, 0.1) is 0 Å². The first kappa shape index (κ1) is 17.9. The molecule has 1 aromatic carbocycles. The van der Waals surface area contributed by atoms with Crippen molar-refractivity contribution in [3.63, 3.8) is 0 Å². The number of hydrogen-bond acceptors (Lipinski definition) is 4. The van der Waals surface area contributed by atoms with E-state index in [-0.39, 0.29) is 11.4 Å². The number of hydrogen-bond donors (Lipinski definition) is 4. The number of imide groups is 2. The van der Waals surface area contributed by atoms with E-state index in [2.05, 4.69) is 35.9 Å². The molecule has 1 rings (SSSR count). The summed E-state index contributed by atoms with van der Waals surface area (Å²) in [5.41, 5.74) is 0.504. The normalized spacial score (nSPS) is 9.64. The van der Waals surface area contributed by atoms with E-state index in [4.69, 9.17) is 0 Å². The summed E-state index contributed by atoms with van der Waals surface area (Å²) >= 11 is 7.07. The number of nitrogens with one attached hydrogen (secondary N) is 2. The third-order valence-corrected chi connectivity index (χ3v) is 3.19. The minimum atomic E-state index is -0.737. The molecule has 0 spiro atoms. The third kappa shape index (κ3) is 4.67. The van der Waals surface area contributed by atoms with Crippen molar-refractivity contribution in [1.29, 1.82) is 0 Å². The van der Waals surface area contributed by atoms with Gasteiger partial charge in [-0.05, 0) is 12.1 Å². The lowest BCUT2D eigenvalue weighted by Crippen LogP contribution is -2.35. The Bertz CT molecular complexity index is 570. The lowest BCUT2D eigenvalue weighted by atomic mass is 10.2. The van der Waals surface area contributed by atoms with Gasteiger partial charge in [0, 0.05) is 14.1 Å². The topological polar surface area (TPSA) is 98.8 Å². The van der Waals surface area contributed by atoms with Crippen LogP contribution in [0.1, 0.15) is 0 Å². The molecule has 0 saturated carbocycles. The van der Waals surface area contributed by atoms with Gasteiger partial charge in [0.05, 0.1) is 11.4 Å². The lowest BCUT2D eigenvalue weighted by molar-refractivity contribution is 0.215. The molecule has 118 valence electrons. The first-order chi connectivity index (χ1) is 10.2. The Morgan fingerprint density at radius 2 is 1.14 bits per heavy atom. The van der Waals surface area contributed by atoms with Crippen molar-refractivity contribution in [2.75, 3.05) is 24.7 Å². The van der Waals surface area contributed by atoms with E-state index in [0.717, 1.165) is 9.80 Å². The maximum absolute atomic E-state index is 11.8. The molecular formula is C12H14N4O4S2. The van der Waals surface area contributed by atoms with Gasteiger partial charge in [-0.1, -0.05) is 37.4 Å². The molecule has 0 fully saturated rings. The Kier molecular flexibility index (Phi) is 6.25. The number of anilines is 2. The predicted molar refractivity (Wildman–Crippen MR) is 88.8 cm³/mol. The molecule has 22 heavy (non-hydrogen) atoms. The molecule has 0 saturated heterocycles. The van der Waals surface area contributed by atoms with Gasteiger partial charge in [0.1, 0.15) is 0 Å². The summed E-state index contributed by atoms with van der Waals surface area (Å²) in [5, 5.41) is 3.42. The zero-order valence-electron chi connectivity index (χ0n) is 11.7. The van der Waals surface area contributed by atoms with Crippen molar-refractivity contribution < 1.29 is 19.2 Å². The molecule has 0 atom stereocenters. The molecule has 6 amide bonds. The third-order valence-electron chi connectivity index (χ3n) is 2.59. The molecule has 0 aliphatic rings. The molecule has 0 aliphatic carbocycles. The predicted octanol–water partition coefficient (Wildman–Crippen LogP) is 2.71. The van der Waals surface area contributed by atoms with Gasteiger partial charge in [0.25, 0.3) is 10.5 Å². The standard InChI is InChI=1S/C12H14N4O4S2/c1-15(11(19)21)9(17)13-7-5-3-4-6-8(7)14-10(18)16(2)12(20)22/h3-6H,1-2H3,(H,13,17)(H,14,18)(H,19,21)(H,20,22). The zero-order valence-corrected chi connectivity index (χ0v) is 13.5. The Balaban J connectivity index is 2.91. The molecule has 1 aromatic rings. The highest BCUT2D eigenvalue weighted by Gasteiger charge is 2.18. The SMILES string of the molecule is CN(C(=O)S)C(=O)Nc1ccccc1NC(=O)N(C)C(=O)S. The van der Waals surface area contributed by atoms with Crippen LogP contribution in [0.3, 0.4) is 0 Å². The van der Waals surface area contributed by atoms with Crippen LogP contribution in [-0.2, 0) is 0 Å². The van der Waals surface area contributed by atoms with Gasteiger partial charge in [0.15, 0.2) is 0 Å². The Hall–Kier alpha value is -2.20. The summed E-state index contributed by atoms with van der Waals surface area (Å²) < 4.78 is 0. The largest absolute Gasteiger partial charge is 0.328 e. The van der Waals surface area contributed by atoms with Crippen molar-refractivity contribution in [2.45, 2.75) is 0 Å². The van der Waals surface area contributed by atoms with Crippen LogP contribution in [0.5, 0.6) is 0 Å². The van der Waals surface area contributed by atoms with Gasteiger partial charge in [-0.15, -0.1) is 0 Å². The molecule has 10 heteroatoms. The molecule has 0 unspecified atom stereocenters. The van der Waals surface area contributed by atoms with Crippen molar-refractivity contribution in [2.24, 2.45) is 0 Å². The minimum Gasteiger partial charge on any atom is -0.305 e. The highest BCUT2D eigenvalue weighted by molar-refractivity contribution is 7.96. The molecule has 8 nitrogen and oxygen atoms in total. The molecular weight excluding hydrogens is 328 g/mol. The van der Waals surface area contributed by atoms with E-state index < -0.39 is 22.5 Å². The van der Waals surface area contributed by atoms with Gasteiger partial charge in [-0.2, -0.15) is 0 Å². The van der Waals surface area contributed by atoms with Crippen LogP contribution < -0.4 is 10.6 Å². The molecule has 0 radical (unpaired) electrons. The van der Waals surface area contributed by atoms with Crippen molar-refractivity contribution >= 4 is 59.2 Å². The second-order valence-corrected chi connectivity index (χ2v) is 4.85. The highest BCUT2D eigenvalue weighted by atomic mass is 32.1. The summed E-state index contributed by atoms with van der Waals surface area (Å²) in [6.07, 6.45) is 0. The fourth-order valence-corrected chi connectivity index (χ4v) is 1.45. The zero-order chi connectivity index (χ0) is 16.9. The Morgan fingerprint density at radius 1 is 0.818 bits per heavy atom. The summed E-state index contributed by atoms with van der Waals surface area (Å²) in [4.78, 5) is 47.1. The number of para-hydroxylation sites is 2. The molecule has 0 heterocycles. The van der Waals surface area contributed by atoms with Gasteiger partial charge in [0.2, 0.25) is 0 Å². The van der Waals surface area contributed by atoms with Crippen LogP contribution in [0.15, 0.2) is 24.3 Å². The van der Waals surface area contributed by atoms with Crippen LogP contribution in [0.25, 0.3) is 0 Å². The van der Waals surface area contributed by atoms with Gasteiger partial charge < -0.3 is 10.6 Å². The fraction of sp³-hybridized carbons (Fsp3) is 0.167. The summed E-state index contributed by atoms with van der Waals surface area (Å²) in [5.74, 6) is 0. The average molecular weight is 342 g/mol. The van der Waals surface area contributed by atoms with Crippen LogP contribution >= 0.6 is 25.3 Å². The first-order valence-electron chi connectivity index (χ1n) is 5.88. The van der Waals surface area contributed by atoms with Gasteiger partial charge in [-0.25, -0.2) is 9.59 Å². The van der Waals surface area contributed by atoms with Gasteiger partial charge >= 0.3 is 12.1 Å². The molecule has 0 aromatic heterocycles. The van der Waals surface area contributed by atoms with Crippen molar-refractivity contribution in [3.05, 3.63) is 24.3 Å².